The molecule has 146 valence electrons. The Kier molecular flexibility index (Phi) is 5.29. The second-order valence-electron chi connectivity index (χ2n) is 6.58. The van der Waals surface area contributed by atoms with E-state index in [-0.39, 0.29) is 18.4 Å². The van der Waals surface area contributed by atoms with Gasteiger partial charge in [0.15, 0.2) is 0 Å². The van der Waals surface area contributed by atoms with E-state index < -0.39 is 0 Å². The number of anilines is 1. The molecular weight excluding hydrogens is 378 g/mol. The zero-order chi connectivity index (χ0) is 19.5. The third-order valence-corrected chi connectivity index (χ3v) is 5.06. The number of nitrogens with one attached hydrogen (secondary N) is 1. The van der Waals surface area contributed by atoms with E-state index in [0.717, 1.165) is 23.3 Å². The summed E-state index contributed by atoms with van der Waals surface area (Å²) < 4.78 is 17.1. The van der Waals surface area contributed by atoms with Crippen molar-refractivity contribution in [3.8, 4) is 23.0 Å². The monoisotopic (exact) mass is 399 g/mol. The van der Waals surface area contributed by atoms with Crippen LogP contribution in [0.15, 0.2) is 33.4 Å². The number of rotatable bonds is 7. The third kappa shape index (κ3) is 4.01. The van der Waals surface area contributed by atoms with Gasteiger partial charge in [0.2, 0.25) is 17.7 Å². The summed E-state index contributed by atoms with van der Waals surface area (Å²) in [7, 11) is 0. The molecule has 7 nitrogen and oxygen atoms in total. The summed E-state index contributed by atoms with van der Waals surface area (Å²) in [6.07, 6.45) is 1.56. The smallest absolute Gasteiger partial charge is 0.248 e. The minimum absolute atomic E-state index is 0.130. The second kappa shape index (κ2) is 8.02. The normalized spacial score (nSPS) is 15.1. The molecule has 1 aliphatic heterocycles. The Balaban J connectivity index is 1.40. The standard InChI is InChI=1S/C20H21N3O4S/c1-3-25-17-9-14-8-12(2)26-16(14)10-15(17)21-18(24)4-5-19-22-23-20(27-19)13-6-7-28-11-13/h6-7,9-12H,3-5,8H2,1-2H3,(H,21,24). The van der Waals surface area contributed by atoms with Gasteiger partial charge in [0, 0.05) is 41.8 Å². The lowest BCUT2D eigenvalue weighted by atomic mass is 10.1. The van der Waals surface area contributed by atoms with Gasteiger partial charge in [0.25, 0.3) is 0 Å². The maximum Gasteiger partial charge on any atom is 0.248 e. The van der Waals surface area contributed by atoms with E-state index in [1.54, 1.807) is 11.3 Å². The molecule has 28 heavy (non-hydrogen) atoms. The minimum atomic E-state index is -0.151. The van der Waals surface area contributed by atoms with Crippen molar-refractivity contribution in [2.24, 2.45) is 0 Å². The molecule has 3 aromatic rings. The van der Waals surface area contributed by atoms with Crippen LogP contribution in [0.1, 0.15) is 31.7 Å². The van der Waals surface area contributed by atoms with Crippen molar-refractivity contribution in [2.75, 3.05) is 11.9 Å². The van der Waals surface area contributed by atoms with Crippen LogP contribution < -0.4 is 14.8 Å². The molecule has 8 heteroatoms. The fourth-order valence-electron chi connectivity index (χ4n) is 3.10. The van der Waals surface area contributed by atoms with Crippen molar-refractivity contribution in [3.63, 3.8) is 0 Å². The van der Waals surface area contributed by atoms with Gasteiger partial charge >= 0.3 is 0 Å². The highest BCUT2D eigenvalue weighted by atomic mass is 32.1. The topological polar surface area (TPSA) is 86.5 Å². The fourth-order valence-corrected chi connectivity index (χ4v) is 3.73. The molecule has 1 aromatic carbocycles. The molecule has 1 amide bonds. The Hall–Kier alpha value is -2.87. The number of carbonyl (C=O) groups is 1. The van der Waals surface area contributed by atoms with E-state index >= 15 is 0 Å². The molecule has 0 saturated carbocycles. The third-order valence-electron chi connectivity index (χ3n) is 4.37. The molecule has 1 atom stereocenters. The van der Waals surface area contributed by atoms with Crippen molar-refractivity contribution in [2.45, 2.75) is 39.2 Å². The Morgan fingerprint density at radius 1 is 1.39 bits per heavy atom. The van der Waals surface area contributed by atoms with Crippen LogP contribution in [-0.4, -0.2) is 28.8 Å². The fraction of sp³-hybridized carbons (Fsp3) is 0.350. The molecule has 4 rings (SSSR count). The highest BCUT2D eigenvalue weighted by Gasteiger charge is 2.22. The second-order valence-corrected chi connectivity index (χ2v) is 7.36. The van der Waals surface area contributed by atoms with Gasteiger partial charge in [-0.25, -0.2) is 0 Å². The largest absolute Gasteiger partial charge is 0.492 e. The molecule has 0 bridgehead atoms. The Morgan fingerprint density at radius 3 is 3.07 bits per heavy atom. The van der Waals surface area contributed by atoms with Crippen LogP contribution in [0.4, 0.5) is 5.69 Å². The first-order valence-electron chi connectivity index (χ1n) is 9.23. The maximum absolute atomic E-state index is 12.4. The minimum Gasteiger partial charge on any atom is -0.492 e. The number of aryl methyl sites for hydroxylation is 1. The van der Waals surface area contributed by atoms with Crippen LogP contribution in [0, 0.1) is 0 Å². The van der Waals surface area contributed by atoms with Gasteiger partial charge in [0.1, 0.15) is 17.6 Å². The van der Waals surface area contributed by atoms with Gasteiger partial charge in [-0.2, -0.15) is 11.3 Å². The van der Waals surface area contributed by atoms with Crippen molar-refractivity contribution < 1.29 is 18.7 Å². The van der Waals surface area contributed by atoms with Gasteiger partial charge in [-0.05, 0) is 31.4 Å². The molecule has 3 heterocycles. The van der Waals surface area contributed by atoms with Crippen LogP contribution in [-0.2, 0) is 17.6 Å². The van der Waals surface area contributed by atoms with Crippen LogP contribution in [0.3, 0.4) is 0 Å². The SMILES string of the molecule is CCOc1cc2c(cc1NC(=O)CCc1nnc(-c3ccsc3)o1)OC(C)C2. The quantitative estimate of drug-likeness (QED) is 0.644. The van der Waals surface area contributed by atoms with Gasteiger partial charge in [-0.15, -0.1) is 10.2 Å². The van der Waals surface area contributed by atoms with E-state index in [1.807, 2.05) is 42.8 Å². The molecule has 1 aliphatic rings. The Morgan fingerprint density at radius 2 is 2.29 bits per heavy atom. The number of amides is 1. The molecule has 1 unspecified atom stereocenters. The summed E-state index contributed by atoms with van der Waals surface area (Å²) in [5.41, 5.74) is 2.60. The molecule has 2 aromatic heterocycles. The number of aromatic nitrogens is 2. The summed E-state index contributed by atoms with van der Waals surface area (Å²) in [6.45, 7) is 4.46. The van der Waals surface area contributed by atoms with E-state index in [0.29, 0.717) is 36.2 Å². The van der Waals surface area contributed by atoms with Crippen molar-refractivity contribution >= 4 is 22.9 Å². The lowest BCUT2D eigenvalue weighted by molar-refractivity contribution is -0.116. The van der Waals surface area contributed by atoms with E-state index in [4.69, 9.17) is 13.9 Å². The van der Waals surface area contributed by atoms with Crippen molar-refractivity contribution in [1.29, 1.82) is 0 Å². The number of ether oxygens (including phenoxy) is 2. The number of hydrogen-bond donors (Lipinski definition) is 1. The van der Waals surface area contributed by atoms with Gasteiger partial charge in [-0.1, -0.05) is 0 Å². The average molecular weight is 399 g/mol. The molecule has 0 fully saturated rings. The number of fused-ring (bicyclic) bond motifs is 1. The lowest BCUT2D eigenvalue weighted by Gasteiger charge is -2.13. The molecular formula is C20H21N3O4S. The summed E-state index contributed by atoms with van der Waals surface area (Å²) in [5.74, 6) is 2.21. The average Bonchev–Trinajstić information content (AvgIpc) is 3.40. The Labute approximate surface area is 166 Å². The summed E-state index contributed by atoms with van der Waals surface area (Å²) in [6, 6.07) is 5.70. The summed E-state index contributed by atoms with van der Waals surface area (Å²) in [4.78, 5) is 12.4. The Bertz CT molecular complexity index is 968. The van der Waals surface area contributed by atoms with E-state index in [9.17, 15) is 4.79 Å². The number of carbonyl (C=O) groups excluding carboxylic acids is 1. The molecule has 0 spiro atoms. The van der Waals surface area contributed by atoms with E-state index in [2.05, 4.69) is 15.5 Å². The molecule has 0 aliphatic carbocycles. The van der Waals surface area contributed by atoms with Crippen LogP contribution in [0.5, 0.6) is 11.5 Å². The number of thiophene rings is 1. The van der Waals surface area contributed by atoms with Crippen molar-refractivity contribution in [1.82, 2.24) is 10.2 Å². The van der Waals surface area contributed by atoms with E-state index in [1.165, 1.54) is 0 Å². The number of benzene rings is 1. The van der Waals surface area contributed by atoms with Crippen molar-refractivity contribution in [3.05, 3.63) is 40.4 Å². The van der Waals surface area contributed by atoms with Gasteiger partial charge in [0.05, 0.1) is 12.3 Å². The zero-order valence-electron chi connectivity index (χ0n) is 15.7. The molecule has 1 N–H and O–H groups in total. The first kappa shape index (κ1) is 18.5. The molecule has 0 radical (unpaired) electrons. The number of hydrogen-bond acceptors (Lipinski definition) is 7. The predicted molar refractivity (Wildman–Crippen MR) is 106 cm³/mol. The van der Waals surface area contributed by atoms with Gasteiger partial charge in [-0.3, -0.25) is 4.79 Å². The highest BCUT2D eigenvalue weighted by molar-refractivity contribution is 7.08. The van der Waals surface area contributed by atoms with Gasteiger partial charge < -0.3 is 19.2 Å². The lowest BCUT2D eigenvalue weighted by Crippen LogP contribution is -2.13. The predicted octanol–water partition coefficient (Wildman–Crippen LogP) is 4.09. The summed E-state index contributed by atoms with van der Waals surface area (Å²) >= 11 is 1.56. The summed E-state index contributed by atoms with van der Waals surface area (Å²) in [5, 5.41) is 14.8. The van der Waals surface area contributed by atoms with Crippen LogP contribution in [0.2, 0.25) is 0 Å². The number of nitrogens with zero attached hydrogens (tertiary/aromatic N) is 2. The zero-order valence-corrected chi connectivity index (χ0v) is 16.5. The molecule has 0 saturated heterocycles. The highest BCUT2D eigenvalue weighted by Crippen LogP contribution is 2.38. The first-order valence-corrected chi connectivity index (χ1v) is 10.2. The first-order chi connectivity index (χ1) is 13.6. The van der Waals surface area contributed by atoms with Crippen LogP contribution >= 0.6 is 11.3 Å². The maximum atomic E-state index is 12.4. The van der Waals surface area contributed by atoms with Crippen LogP contribution in [0.25, 0.3) is 11.5 Å².